The predicted octanol–water partition coefficient (Wildman–Crippen LogP) is 2.26. The van der Waals surface area contributed by atoms with Crippen molar-refractivity contribution in [1.82, 2.24) is 19.9 Å². The number of aromatic amines is 1. The van der Waals surface area contributed by atoms with Crippen LogP contribution >= 0.6 is 0 Å². The molecule has 0 unspecified atom stereocenters. The summed E-state index contributed by atoms with van der Waals surface area (Å²) in [6.45, 7) is 0.582. The van der Waals surface area contributed by atoms with Crippen molar-refractivity contribution in [2.75, 3.05) is 25.5 Å². The zero-order valence-electron chi connectivity index (χ0n) is 14.8. The van der Waals surface area contributed by atoms with Gasteiger partial charge in [-0.1, -0.05) is 18.2 Å². The molecule has 0 radical (unpaired) electrons. The Morgan fingerprint density at radius 1 is 1.19 bits per heavy atom. The molecule has 2 aromatic heterocycles. The Bertz CT molecular complexity index is 921. The summed E-state index contributed by atoms with van der Waals surface area (Å²) < 4.78 is 0. The number of nitrogens with one attached hydrogen (secondary N) is 1. The number of benzene rings is 1. The molecule has 0 fully saturated rings. The molecule has 0 aliphatic carbocycles. The van der Waals surface area contributed by atoms with E-state index in [9.17, 15) is 9.59 Å². The van der Waals surface area contributed by atoms with E-state index in [1.807, 2.05) is 24.4 Å². The molecular formula is C19H21N5O2. The van der Waals surface area contributed by atoms with Crippen molar-refractivity contribution < 1.29 is 9.59 Å². The highest BCUT2D eigenvalue weighted by molar-refractivity contribution is 5.98. The first-order valence-corrected chi connectivity index (χ1v) is 8.41. The van der Waals surface area contributed by atoms with E-state index in [1.54, 1.807) is 19.0 Å². The zero-order chi connectivity index (χ0) is 18.5. The summed E-state index contributed by atoms with van der Waals surface area (Å²) in [6, 6.07) is 8.17. The van der Waals surface area contributed by atoms with Crippen LogP contribution in [0, 0.1) is 0 Å². The number of fused-ring (bicyclic) bond motifs is 1. The molecule has 7 heteroatoms. The minimum absolute atomic E-state index is 0.177. The highest BCUT2D eigenvalue weighted by atomic mass is 16.2. The first-order valence-electron chi connectivity index (χ1n) is 8.41. The number of carbonyl (C=O) groups excluding carboxylic acids is 2. The van der Waals surface area contributed by atoms with E-state index in [0.29, 0.717) is 13.0 Å². The van der Waals surface area contributed by atoms with Gasteiger partial charge in [0.2, 0.25) is 6.41 Å². The van der Waals surface area contributed by atoms with E-state index < -0.39 is 0 Å². The predicted molar refractivity (Wildman–Crippen MR) is 100 cm³/mol. The normalized spacial score (nSPS) is 10.7. The van der Waals surface area contributed by atoms with Crippen molar-refractivity contribution in [3.8, 4) is 0 Å². The fourth-order valence-electron chi connectivity index (χ4n) is 2.92. The van der Waals surface area contributed by atoms with Crippen LogP contribution < -0.4 is 4.90 Å². The number of H-pyrrole nitrogens is 1. The van der Waals surface area contributed by atoms with Crippen LogP contribution in [0.25, 0.3) is 10.9 Å². The average Bonchev–Trinajstić information content (AvgIpc) is 3.10. The molecular weight excluding hydrogens is 330 g/mol. The second kappa shape index (κ2) is 7.77. The quantitative estimate of drug-likeness (QED) is 0.662. The Morgan fingerprint density at radius 2 is 1.96 bits per heavy atom. The lowest BCUT2D eigenvalue weighted by Crippen LogP contribution is -2.31. The lowest BCUT2D eigenvalue weighted by atomic mass is 10.1. The molecule has 0 spiro atoms. The first kappa shape index (κ1) is 17.6. The maximum atomic E-state index is 12.7. The number of anilines is 1. The zero-order valence-corrected chi connectivity index (χ0v) is 14.8. The molecule has 2 heterocycles. The van der Waals surface area contributed by atoms with Gasteiger partial charge < -0.3 is 14.8 Å². The summed E-state index contributed by atoms with van der Waals surface area (Å²) in [5.41, 5.74) is 2.53. The van der Waals surface area contributed by atoms with Gasteiger partial charge in [0, 0.05) is 50.1 Å². The number of aromatic nitrogens is 3. The van der Waals surface area contributed by atoms with Gasteiger partial charge in [-0.2, -0.15) is 0 Å². The van der Waals surface area contributed by atoms with Crippen LogP contribution in [0.5, 0.6) is 0 Å². The number of amides is 2. The maximum absolute atomic E-state index is 12.7. The molecule has 0 saturated carbocycles. The van der Waals surface area contributed by atoms with E-state index in [4.69, 9.17) is 0 Å². The fraction of sp³-hybridized carbons (Fsp3) is 0.263. The molecule has 1 aromatic carbocycles. The lowest BCUT2D eigenvalue weighted by Gasteiger charge is -2.19. The van der Waals surface area contributed by atoms with E-state index in [2.05, 4.69) is 21.0 Å². The number of aryl methyl sites for hydroxylation is 1. The third-order valence-electron chi connectivity index (χ3n) is 4.33. The molecule has 1 N–H and O–H groups in total. The smallest absolute Gasteiger partial charge is 0.276 e. The van der Waals surface area contributed by atoms with Crippen molar-refractivity contribution in [2.45, 2.75) is 12.8 Å². The summed E-state index contributed by atoms with van der Waals surface area (Å²) in [4.78, 5) is 38.0. The Labute approximate surface area is 151 Å². The fourth-order valence-corrected chi connectivity index (χ4v) is 2.92. The number of rotatable bonds is 7. The molecule has 0 atom stereocenters. The molecule has 134 valence electrons. The molecule has 0 aliphatic rings. The van der Waals surface area contributed by atoms with Crippen LogP contribution in [0.3, 0.4) is 0 Å². The third-order valence-corrected chi connectivity index (χ3v) is 4.33. The van der Waals surface area contributed by atoms with Crippen molar-refractivity contribution in [1.29, 1.82) is 0 Å². The van der Waals surface area contributed by atoms with Gasteiger partial charge in [0.1, 0.15) is 0 Å². The Morgan fingerprint density at radius 3 is 2.77 bits per heavy atom. The first-order chi connectivity index (χ1) is 12.6. The van der Waals surface area contributed by atoms with Gasteiger partial charge in [0.15, 0.2) is 11.5 Å². The number of nitrogens with zero attached hydrogens (tertiary/aromatic N) is 4. The van der Waals surface area contributed by atoms with Crippen LogP contribution in [0.1, 0.15) is 22.5 Å². The van der Waals surface area contributed by atoms with Crippen molar-refractivity contribution >= 4 is 29.0 Å². The summed E-state index contributed by atoms with van der Waals surface area (Å²) in [5, 5.41) is 1.21. The lowest BCUT2D eigenvalue weighted by molar-refractivity contribution is -0.107. The highest BCUT2D eigenvalue weighted by Gasteiger charge is 2.20. The summed E-state index contributed by atoms with van der Waals surface area (Å²) in [7, 11) is 3.28. The van der Waals surface area contributed by atoms with E-state index in [-0.39, 0.29) is 17.4 Å². The highest BCUT2D eigenvalue weighted by Crippen LogP contribution is 2.19. The molecule has 2 amide bonds. The maximum Gasteiger partial charge on any atom is 0.276 e. The van der Waals surface area contributed by atoms with Crippen molar-refractivity contribution in [2.24, 2.45) is 0 Å². The van der Waals surface area contributed by atoms with Gasteiger partial charge in [-0.15, -0.1) is 0 Å². The van der Waals surface area contributed by atoms with Crippen molar-refractivity contribution in [3.05, 3.63) is 54.1 Å². The molecule has 7 nitrogen and oxygen atoms in total. The Kier molecular flexibility index (Phi) is 5.26. The number of hydrogen-bond acceptors (Lipinski definition) is 4. The van der Waals surface area contributed by atoms with Gasteiger partial charge >= 0.3 is 0 Å². The molecule has 0 aliphatic heterocycles. The van der Waals surface area contributed by atoms with Gasteiger partial charge in [-0.05, 0) is 24.5 Å². The number of para-hydroxylation sites is 1. The molecule has 26 heavy (non-hydrogen) atoms. The van der Waals surface area contributed by atoms with Crippen LogP contribution in [0.4, 0.5) is 5.82 Å². The molecule has 0 saturated heterocycles. The monoisotopic (exact) mass is 351 g/mol. The number of hydrogen-bond donors (Lipinski definition) is 1. The van der Waals surface area contributed by atoms with E-state index in [1.165, 1.54) is 28.2 Å². The average molecular weight is 351 g/mol. The van der Waals surface area contributed by atoms with Gasteiger partial charge in [-0.25, -0.2) is 9.97 Å². The Balaban J connectivity index is 1.64. The standard InChI is InChI=1S/C19H21N5O2/c1-23(19(26)17-18(24(2)13-25)21-10-9-20-17)11-5-6-14-12-22-16-8-4-3-7-15(14)16/h3-4,7-10,12-13,22H,5-6,11H2,1-2H3. The molecule has 3 aromatic rings. The third kappa shape index (κ3) is 3.56. The van der Waals surface area contributed by atoms with Gasteiger partial charge in [0.25, 0.3) is 5.91 Å². The van der Waals surface area contributed by atoms with E-state index >= 15 is 0 Å². The second-order valence-corrected chi connectivity index (χ2v) is 6.13. The van der Waals surface area contributed by atoms with Crippen LogP contribution in [0.2, 0.25) is 0 Å². The van der Waals surface area contributed by atoms with Crippen LogP contribution in [0.15, 0.2) is 42.9 Å². The van der Waals surface area contributed by atoms with E-state index in [0.717, 1.165) is 18.4 Å². The number of carbonyl (C=O) groups is 2. The minimum Gasteiger partial charge on any atom is -0.361 e. The molecule has 3 rings (SSSR count). The molecule has 0 bridgehead atoms. The Hall–Kier alpha value is -3.22. The second-order valence-electron chi connectivity index (χ2n) is 6.13. The van der Waals surface area contributed by atoms with Crippen LogP contribution in [-0.2, 0) is 11.2 Å². The largest absolute Gasteiger partial charge is 0.361 e. The topological polar surface area (TPSA) is 82.2 Å². The summed E-state index contributed by atoms with van der Waals surface area (Å²) in [6.07, 6.45) is 7.23. The van der Waals surface area contributed by atoms with Crippen LogP contribution in [-0.4, -0.2) is 52.8 Å². The SMILES string of the molecule is CN(CCCc1c[nH]c2ccccc12)C(=O)c1nccnc1N(C)C=O. The van der Waals surface area contributed by atoms with Crippen molar-refractivity contribution in [3.63, 3.8) is 0 Å². The summed E-state index contributed by atoms with van der Waals surface area (Å²) >= 11 is 0. The van der Waals surface area contributed by atoms with Gasteiger partial charge in [0.05, 0.1) is 0 Å². The summed E-state index contributed by atoms with van der Waals surface area (Å²) in [5.74, 6) is 0.0108. The minimum atomic E-state index is -0.249. The van der Waals surface area contributed by atoms with Gasteiger partial charge in [-0.3, -0.25) is 9.59 Å².